The maximum Gasteiger partial charge on any atom is 0.335 e. The summed E-state index contributed by atoms with van der Waals surface area (Å²) >= 11 is 5.78. The van der Waals surface area contributed by atoms with Gasteiger partial charge in [-0.05, 0) is 45.6 Å². The summed E-state index contributed by atoms with van der Waals surface area (Å²) in [6.45, 7) is 0. The van der Waals surface area contributed by atoms with Gasteiger partial charge in [-0.1, -0.05) is 6.07 Å². The number of aromatic carboxylic acids is 1. The zero-order valence-corrected chi connectivity index (χ0v) is 10.1. The summed E-state index contributed by atoms with van der Waals surface area (Å²) in [5.41, 5.74) is 3.23. The van der Waals surface area contributed by atoms with Crippen molar-refractivity contribution in [2.24, 2.45) is 0 Å². The van der Waals surface area contributed by atoms with Crippen molar-refractivity contribution in [2.75, 3.05) is 0 Å². The van der Waals surface area contributed by atoms with E-state index in [1.807, 2.05) is 29.0 Å². The van der Waals surface area contributed by atoms with Gasteiger partial charge in [-0.15, -0.1) is 0 Å². The minimum absolute atomic E-state index is 0.328. The summed E-state index contributed by atoms with van der Waals surface area (Å²) in [5.74, 6) is -0.472. The molecule has 0 saturated heterocycles. The Morgan fingerprint density at radius 2 is 2.12 bits per heavy atom. The quantitative estimate of drug-likeness (QED) is 0.817. The zero-order valence-electron chi connectivity index (χ0n) is 8.38. The van der Waals surface area contributed by atoms with E-state index in [0.717, 1.165) is 16.7 Å². The number of carboxylic acids is 1. The molecule has 2 aromatic rings. The van der Waals surface area contributed by atoms with E-state index in [-0.39, 0.29) is 0 Å². The van der Waals surface area contributed by atoms with Gasteiger partial charge in [0.1, 0.15) is 0 Å². The van der Waals surface area contributed by atoms with E-state index < -0.39 is 5.97 Å². The lowest BCUT2D eigenvalue weighted by Crippen LogP contribution is -2.01. The van der Waals surface area contributed by atoms with Gasteiger partial charge in [-0.2, -0.15) is 24.0 Å². The molecule has 1 N–H and O–H groups in total. The average Bonchev–Trinajstić information content (AvgIpc) is 2.81. The molecule has 1 heterocycles. The van der Waals surface area contributed by atoms with Crippen LogP contribution >= 0.6 is 24.0 Å². The average molecular weight is 250 g/mol. The second-order valence-electron chi connectivity index (χ2n) is 3.35. The van der Waals surface area contributed by atoms with E-state index in [0.29, 0.717) is 11.3 Å². The maximum atomic E-state index is 10.9. The van der Waals surface area contributed by atoms with E-state index in [9.17, 15) is 4.79 Å². The number of carboxylic acid groups (broad SMARTS) is 1. The van der Waals surface area contributed by atoms with Crippen molar-refractivity contribution < 1.29 is 9.90 Å². The standard InChI is InChI=1S/C12H10O2S2/c13-12(14)11-2-1-8(5-10(11)6-15)9-3-4-16-7-9/h1-5,7,15H,6H2,(H,13,14). The first kappa shape index (κ1) is 11.2. The highest BCUT2D eigenvalue weighted by molar-refractivity contribution is 7.79. The normalized spacial score (nSPS) is 10.3. The molecule has 0 aliphatic heterocycles. The van der Waals surface area contributed by atoms with Gasteiger partial charge in [0.25, 0.3) is 0 Å². The van der Waals surface area contributed by atoms with Gasteiger partial charge in [0.15, 0.2) is 0 Å². The molecule has 0 fully saturated rings. The lowest BCUT2D eigenvalue weighted by Gasteiger charge is -2.05. The monoisotopic (exact) mass is 250 g/mol. The molecule has 0 atom stereocenters. The van der Waals surface area contributed by atoms with Crippen LogP contribution in [-0.4, -0.2) is 11.1 Å². The van der Waals surface area contributed by atoms with E-state index in [1.165, 1.54) is 0 Å². The first-order chi connectivity index (χ1) is 7.72. The third-order valence-electron chi connectivity index (χ3n) is 2.36. The Balaban J connectivity index is 2.49. The van der Waals surface area contributed by atoms with Crippen LogP contribution in [0, 0.1) is 0 Å². The Bertz CT molecular complexity index is 504. The predicted octanol–water partition coefficient (Wildman–Crippen LogP) is 3.54. The van der Waals surface area contributed by atoms with E-state index in [1.54, 1.807) is 17.4 Å². The van der Waals surface area contributed by atoms with Crippen molar-refractivity contribution in [3.63, 3.8) is 0 Å². The summed E-state index contributed by atoms with van der Waals surface area (Å²) in [7, 11) is 0. The summed E-state index contributed by atoms with van der Waals surface area (Å²) < 4.78 is 0. The lowest BCUT2D eigenvalue weighted by atomic mass is 10.0. The summed E-state index contributed by atoms with van der Waals surface area (Å²) in [6.07, 6.45) is 0. The van der Waals surface area contributed by atoms with Crippen molar-refractivity contribution >= 4 is 29.9 Å². The Hall–Kier alpha value is -1.26. The summed E-state index contributed by atoms with van der Waals surface area (Å²) in [6, 6.07) is 7.38. The number of hydrogen-bond donors (Lipinski definition) is 2. The van der Waals surface area contributed by atoms with Crippen LogP contribution in [0.15, 0.2) is 35.0 Å². The topological polar surface area (TPSA) is 37.3 Å². The summed E-state index contributed by atoms with van der Waals surface area (Å²) in [4.78, 5) is 10.9. The Labute approximate surface area is 103 Å². The van der Waals surface area contributed by atoms with Gasteiger partial charge >= 0.3 is 5.97 Å². The molecule has 16 heavy (non-hydrogen) atoms. The van der Waals surface area contributed by atoms with Crippen molar-refractivity contribution in [1.29, 1.82) is 0 Å². The lowest BCUT2D eigenvalue weighted by molar-refractivity contribution is 0.0696. The fourth-order valence-electron chi connectivity index (χ4n) is 1.54. The minimum atomic E-state index is -0.902. The molecule has 4 heteroatoms. The largest absolute Gasteiger partial charge is 0.478 e. The molecular weight excluding hydrogens is 240 g/mol. The van der Waals surface area contributed by atoms with Crippen LogP contribution < -0.4 is 0 Å². The molecule has 1 aromatic carbocycles. The van der Waals surface area contributed by atoms with E-state index >= 15 is 0 Å². The van der Waals surface area contributed by atoms with Crippen LogP contribution in [0.25, 0.3) is 11.1 Å². The van der Waals surface area contributed by atoms with Crippen LogP contribution in [0.1, 0.15) is 15.9 Å². The molecule has 0 radical (unpaired) electrons. The molecule has 0 saturated carbocycles. The Kier molecular flexibility index (Phi) is 3.31. The molecular formula is C12H10O2S2. The van der Waals surface area contributed by atoms with E-state index in [4.69, 9.17) is 5.11 Å². The number of rotatable bonds is 3. The highest BCUT2D eigenvalue weighted by Crippen LogP contribution is 2.25. The van der Waals surface area contributed by atoms with Gasteiger partial charge in [0, 0.05) is 5.75 Å². The summed E-state index contributed by atoms with van der Waals surface area (Å²) in [5, 5.41) is 13.0. The Morgan fingerprint density at radius 1 is 1.31 bits per heavy atom. The fourth-order valence-corrected chi connectivity index (χ4v) is 2.47. The molecule has 2 rings (SSSR count). The molecule has 0 aliphatic carbocycles. The fraction of sp³-hybridized carbons (Fsp3) is 0.0833. The predicted molar refractivity (Wildman–Crippen MR) is 69.4 cm³/mol. The highest BCUT2D eigenvalue weighted by Gasteiger charge is 2.10. The van der Waals surface area contributed by atoms with Gasteiger partial charge in [0.2, 0.25) is 0 Å². The first-order valence-corrected chi connectivity index (χ1v) is 6.29. The van der Waals surface area contributed by atoms with Gasteiger partial charge in [-0.25, -0.2) is 4.79 Å². The second-order valence-corrected chi connectivity index (χ2v) is 4.44. The molecule has 0 bridgehead atoms. The molecule has 0 amide bonds. The van der Waals surface area contributed by atoms with Crippen LogP contribution in [0.3, 0.4) is 0 Å². The van der Waals surface area contributed by atoms with Crippen molar-refractivity contribution in [3.05, 3.63) is 46.2 Å². The number of carbonyl (C=O) groups is 1. The number of thiol groups is 1. The van der Waals surface area contributed by atoms with Gasteiger partial charge in [-0.3, -0.25) is 0 Å². The minimum Gasteiger partial charge on any atom is -0.478 e. The first-order valence-electron chi connectivity index (χ1n) is 4.72. The number of thiophene rings is 1. The third-order valence-corrected chi connectivity index (χ3v) is 3.38. The number of hydrogen-bond acceptors (Lipinski definition) is 3. The maximum absolute atomic E-state index is 10.9. The van der Waals surface area contributed by atoms with Crippen LogP contribution in [-0.2, 0) is 5.75 Å². The smallest absolute Gasteiger partial charge is 0.335 e. The molecule has 0 aliphatic rings. The molecule has 1 aromatic heterocycles. The molecule has 2 nitrogen and oxygen atoms in total. The van der Waals surface area contributed by atoms with Crippen molar-refractivity contribution in [1.82, 2.24) is 0 Å². The van der Waals surface area contributed by atoms with E-state index in [2.05, 4.69) is 12.6 Å². The van der Waals surface area contributed by atoms with Crippen LogP contribution in [0.2, 0.25) is 0 Å². The van der Waals surface area contributed by atoms with Crippen molar-refractivity contribution in [2.45, 2.75) is 5.75 Å². The van der Waals surface area contributed by atoms with Gasteiger partial charge in [0.05, 0.1) is 5.56 Å². The van der Waals surface area contributed by atoms with Crippen LogP contribution in [0.5, 0.6) is 0 Å². The van der Waals surface area contributed by atoms with Gasteiger partial charge < -0.3 is 5.11 Å². The van der Waals surface area contributed by atoms with Crippen molar-refractivity contribution in [3.8, 4) is 11.1 Å². The third kappa shape index (κ3) is 2.13. The molecule has 82 valence electrons. The Morgan fingerprint density at radius 3 is 2.69 bits per heavy atom. The molecule has 0 unspecified atom stereocenters. The molecule has 0 spiro atoms. The number of benzene rings is 1. The highest BCUT2D eigenvalue weighted by atomic mass is 32.1. The SMILES string of the molecule is O=C(O)c1ccc(-c2ccsc2)cc1CS. The van der Waals surface area contributed by atoms with Crippen LogP contribution in [0.4, 0.5) is 0 Å². The second kappa shape index (κ2) is 4.72. The zero-order chi connectivity index (χ0) is 11.5.